The van der Waals surface area contributed by atoms with Crippen molar-refractivity contribution in [2.75, 3.05) is 6.61 Å². The maximum absolute atomic E-state index is 13.8. The fraction of sp³-hybridized carbons (Fsp3) is 0.261. The molecule has 0 spiro atoms. The molecule has 3 rings (SSSR count). The molecule has 0 radical (unpaired) electrons. The van der Waals surface area contributed by atoms with Crippen molar-refractivity contribution in [2.24, 2.45) is 0 Å². The van der Waals surface area contributed by atoms with Gasteiger partial charge in [0, 0.05) is 23.5 Å². The number of aromatic nitrogens is 2. The van der Waals surface area contributed by atoms with Crippen LogP contribution < -0.4 is 4.74 Å². The molecule has 148 valence electrons. The average molecular weight is 393 g/mol. The fourth-order valence-electron chi connectivity index (χ4n) is 2.90. The summed E-state index contributed by atoms with van der Waals surface area (Å²) in [5.41, 5.74) is 1.25. The molecule has 6 heteroatoms. The summed E-state index contributed by atoms with van der Waals surface area (Å²) in [5, 5.41) is 8.75. The molecule has 3 aromatic rings. The lowest BCUT2D eigenvalue weighted by atomic mass is 10.1. The van der Waals surface area contributed by atoms with Crippen molar-refractivity contribution in [1.29, 1.82) is 5.26 Å². The second-order valence-corrected chi connectivity index (χ2v) is 6.66. The third-order valence-electron chi connectivity index (χ3n) is 4.52. The third kappa shape index (κ3) is 5.14. The molecule has 0 fully saturated rings. The first kappa shape index (κ1) is 20.4. The van der Waals surface area contributed by atoms with Crippen molar-refractivity contribution in [2.45, 2.75) is 32.6 Å². The average Bonchev–Trinajstić information content (AvgIpc) is 2.74. The molecule has 1 aromatic heterocycles. The maximum atomic E-state index is 13.8. The highest BCUT2D eigenvalue weighted by molar-refractivity contribution is 5.64. The van der Waals surface area contributed by atoms with Gasteiger partial charge in [0.1, 0.15) is 29.0 Å². The van der Waals surface area contributed by atoms with Gasteiger partial charge in [0.05, 0.1) is 6.61 Å². The molecule has 0 atom stereocenters. The first-order valence-corrected chi connectivity index (χ1v) is 9.57. The van der Waals surface area contributed by atoms with Gasteiger partial charge in [-0.2, -0.15) is 5.26 Å². The summed E-state index contributed by atoms with van der Waals surface area (Å²) >= 11 is 0. The highest BCUT2D eigenvalue weighted by atomic mass is 19.1. The minimum Gasteiger partial charge on any atom is -0.494 e. The number of nitriles is 1. The molecule has 0 unspecified atom stereocenters. The van der Waals surface area contributed by atoms with E-state index in [0.717, 1.165) is 35.4 Å². The van der Waals surface area contributed by atoms with Crippen LogP contribution >= 0.6 is 0 Å². The first-order chi connectivity index (χ1) is 14.1. The zero-order valence-electron chi connectivity index (χ0n) is 16.2. The Bertz CT molecular complexity index is 973. The van der Waals surface area contributed by atoms with E-state index in [1.807, 2.05) is 24.3 Å². The molecule has 0 saturated heterocycles. The number of halogens is 2. The summed E-state index contributed by atoms with van der Waals surface area (Å²) < 4.78 is 33.3. The Kier molecular flexibility index (Phi) is 6.85. The lowest BCUT2D eigenvalue weighted by Gasteiger charge is -2.08. The Balaban J connectivity index is 1.68. The van der Waals surface area contributed by atoms with Gasteiger partial charge in [0.25, 0.3) is 0 Å². The number of rotatable bonds is 8. The molecule has 2 aromatic carbocycles. The fourth-order valence-corrected chi connectivity index (χ4v) is 2.90. The van der Waals surface area contributed by atoms with Gasteiger partial charge in [-0.25, -0.2) is 18.7 Å². The monoisotopic (exact) mass is 393 g/mol. The zero-order chi connectivity index (χ0) is 20.6. The molecule has 29 heavy (non-hydrogen) atoms. The van der Waals surface area contributed by atoms with Gasteiger partial charge < -0.3 is 4.74 Å². The van der Waals surface area contributed by atoms with Crippen molar-refractivity contribution in [3.05, 3.63) is 66.0 Å². The van der Waals surface area contributed by atoms with Crippen molar-refractivity contribution in [3.8, 4) is 34.3 Å². The largest absolute Gasteiger partial charge is 0.494 e. The van der Waals surface area contributed by atoms with E-state index in [1.165, 1.54) is 25.3 Å². The lowest BCUT2D eigenvalue weighted by Crippen LogP contribution is -1.97. The third-order valence-corrected chi connectivity index (χ3v) is 4.52. The van der Waals surface area contributed by atoms with Gasteiger partial charge in [0.15, 0.2) is 5.82 Å². The number of unbranched alkanes of at least 4 members (excludes halogenated alkanes) is 3. The Morgan fingerprint density at radius 3 is 2.14 bits per heavy atom. The maximum Gasteiger partial charge on any atom is 0.159 e. The summed E-state index contributed by atoms with van der Waals surface area (Å²) in [6.07, 6.45) is 7.82. The zero-order valence-corrected chi connectivity index (χ0v) is 16.2. The normalized spacial score (nSPS) is 10.6. The highest BCUT2D eigenvalue weighted by Crippen LogP contribution is 2.25. The Hall–Kier alpha value is -3.33. The van der Waals surface area contributed by atoms with Crippen molar-refractivity contribution >= 4 is 0 Å². The van der Waals surface area contributed by atoms with Crippen LogP contribution in [0.25, 0.3) is 22.5 Å². The van der Waals surface area contributed by atoms with E-state index in [-0.39, 0.29) is 11.4 Å². The predicted octanol–water partition coefficient (Wildman–Crippen LogP) is 5.92. The molecular weight excluding hydrogens is 372 g/mol. The van der Waals surface area contributed by atoms with Crippen LogP contribution in [0.5, 0.6) is 5.75 Å². The molecule has 0 aliphatic carbocycles. The van der Waals surface area contributed by atoms with E-state index < -0.39 is 17.2 Å². The Morgan fingerprint density at radius 2 is 1.55 bits per heavy atom. The SMILES string of the molecule is CCCCCCOc1ccc(-c2cnc(-c3cc(F)c(C#N)c(F)c3)nc2)cc1. The quantitative estimate of drug-likeness (QED) is 0.446. The van der Waals surface area contributed by atoms with E-state index in [4.69, 9.17) is 10.00 Å². The van der Waals surface area contributed by atoms with Crippen LogP contribution in [0.3, 0.4) is 0 Å². The van der Waals surface area contributed by atoms with Crippen LogP contribution in [0, 0.1) is 23.0 Å². The van der Waals surface area contributed by atoms with Crippen LogP contribution in [-0.2, 0) is 0 Å². The van der Waals surface area contributed by atoms with Gasteiger partial charge in [-0.05, 0) is 36.2 Å². The van der Waals surface area contributed by atoms with Gasteiger partial charge in [-0.1, -0.05) is 38.3 Å². The van der Waals surface area contributed by atoms with Crippen molar-refractivity contribution in [1.82, 2.24) is 9.97 Å². The van der Waals surface area contributed by atoms with Crippen LogP contribution in [0.4, 0.5) is 8.78 Å². The van der Waals surface area contributed by atoms with Gasteiger partial charge in [-0.15, -0.1) is 0 Å². The first-order valence-electron chi connectivity index (χ1n) is 9.57. The molecule has 0 amide bonds. The summed E-state index contributed by atoms with van der Waals surface area (Å²) in [6, 6.07) is 11.2. The van der Waals surface area contributed by atoms with E-state index in [9.17, 15) is 8.78 Å². The van der Waals surface area contributed by atoms with Crippen LogP contribution in [0.15, 0.2) is 48.8 Å². The van der Waals surface area contributed by atoms with Crippen LogP contribution in [-0.4, -0.2) is 16.6 Å². The molecule has 0 saturated carbocycles. The van der Waals surface area contributed by atoms with Gasteiger partial charge in [0.2, 0.25) is 0 Å². The standard InChI is InChI=1S/C23H21F2N3O/c1-2-3-4-5-10-29-19-8-6-16(7-9-19)18-14-27-23(28-15-18)17-11-21(24)20(13-26)22(25)12-17/h6-9,11-12,14-15H,2-5,10H2,1H3. The lowest BCUT2D eigenvalue weighted by molar-refractivity contribution is 0.305. The van der Waals surface area contributed by atoms with E-state index in [1.54, 1.807) is 12.4 Å². The second-order valence-electron chi connectivity index (χ2n) is 6.66. The number of hydrogen-bond acceptors (Lipinski definition) is 4. The molecule has 1 heterocycles. The molecule has 4 nitrogen and oxygen atoms in total. The summed E-state index contributed by atoms with van der Waals surface area (Å²) in [5.74, 6) is -0.865. The number of nitrogens with zero attached hydrogens (tertiary/aromatic N) is 3. The molecule has 0 N–H and O–H groups in total. The molecule has 0 bridgehead atoms. The minimum atomic E-state index is -0.930. The Morgan fingerprint density at radius 1 is 0.897 bits per heavy atom. The molecular formula is C23H21F2N3O. The van der Waals surface area contributed by atoms with Gasteiger partial charge in [-0.3, -0.25) is 0 Å². The van der Waals surface area contributed by atoms with Crippen molar-refractivity contribution in [3.63, 3.8) is 0 Å². The Labute approximate surface area is 168 Å². The number of hydrogen-bond donors (Lipinski definition) is 0. The summed E-state index contributed by atoms with van der Waals surface area (Å²) in [7, 11) is 0. The number of benzene rings is 2. The topological polar surface area (TPSA) is 58.8 Å². The minimum absolute atomic E-state index is 0.178. The van der Waals surface area contributed by atoms with Crippen LogP contribution in [0.2, 0.25) is 0 Å². The van der Waals surface area contributed by atoms with E-state index in [2.05, 4.69) is 16.9 Å². The van der Waals surface area contributed by atoms with Crippen LogP contribution in [0.1, 0.15) is 38.2 Å². The predicted molar refractivity (Wildman–Crippen MR) is 107 cm³/mol. The smallest absolute Gasteiger partial charge is 0.159 e. The summed E-state index contributed by atoms with van der Waals surface area (Å²) in [4.78, 5) is 8.41. The molecule has 0 aliphatic heterocycles. The molecule has 0 aliphatic rings. The highest BCUT2D eigenvalue weighted by Gasteiger charge is 2.13. The van der Waals surface area contributed by atoms with E-state index >= 15 is 0 Å². The van der Waals surface area contributed by atoms with E-state index in [0.29, 0.717) is 6.61 Å². The summed E-state index contributed by atoms with van der Waals surface area (Å²) in [6.45, 7) is 2.88. The van der Waals surface area contributed by atoms with Gasteiger partial charge >= 0.3 is 0 Å². The number of ether oxygens (including phenoxy) is 1. The van der Waals surface area contributed by atoms with Crippen molar-refractivity contribution < 1.29 is 13.5 Å². The second kappa shape index (κ2) is 9.74.